The van der Waals surface area contributed by atoms with Crippen LogP contribution in [-0.2, 0) is 14.1 Å². The molecule has 0 bridgehead atoms. The molecule has 0 fully saturated rings. The van der Waals surface area contributed by atoms with Crippen LogP contribution in [0.1, 0.15) is 5.56 Å². The summed E-state index contributed by atoms with van der Waals surface area (Å²) in [6.45, 7) is 1.95. The Bertz CT molecular complexity index is 466. The van der Waals surface area contributed by atoms with Crippen LogP contribution in [0.5, 0.6) is 0 Å². The van der Waals surface area contributed by atoms with Crippen molar-refractivity contribution in [3.05, 3.63) is 17.8 Å². The van der Waals surface area contributed by atoms with Gasteiger partial charge in [0.1, 0.15) is 17.2 Å². The molecule has 0 aliphatic rings. The predicted molar refractivity (Wildman–Crippen MR) is 54.6 cm³/mol. The van der Waals surface area contributed by atoms with Gasteiger partial charge in [0.25, 0.3) is 0 Å². The van der Waals surface area contributed by atoms with Gasteiger partial charge in [0, 0.05) is 25.9 Å². The highest BCUT2D eigenvalue weighted by Crippen LogP contribution is 2.23. The van der Waals surface area contributed by atoms with Gasteiger partial charge in [-0.25, -0.2) is 0 Å². The fourth-order valence-electron chi connectivity index (χ4n) is 1.43. The first-order valence-corrected chi connectivity index (χ1v) is 4.38. The SMILES string of the molecule is Cc1c(-c2ccn(C)n2)nn(C)c1N. The average Bonchev–Trinajstić information content (AvgIpc) is 2.66. The Hall–Kier alpha value is -1.78. The number of aromatic nitrogens is 4. The van der Waals surface area contributed by atoms with Crippen LogP contribution in [0.15, 0.2) is 12.3 Å². The third kappa shape index (κ3) is 1.17. The molecule has 2 N–H and O–H groups in total. The molecule has 0 unspecified atom stereocenters. The fraction of sp³-hybridized carbons (Fsp3) is 0.333. The lowest BCUT2D eigenvalue weighted by atomic mass is 10.2. The van der Waals surface area contributed by atoms with Crippen LogP contribution in [0, 0.1) is 6.92 Å². The second kappa shape index (κ2) is 2.87. The number of anilines is 1. The zero-order valence-electron chi connectivity index (χ0n) is 8.52. The molecule has 5 heteroatoms. The number of nitrogens with two attached hydrogens (primary N) is 1. The van der Waals surface area contributed by atoms with E-state index < -0.39 is 0 Å². The molecule has 0 spiro atoms. The summed E-state index contributed by atoms with van der Waals surface area (Å²) in [4.78, 5) is 0. The molecule has 0 aromatic carbocycles. The summed E-state index contributed by atoms with van der Waals surface area (Å²) in [5, 5.41) is 8.59. The summed E-state index contributed by atoms with van der Waals surface area (Å²) < 4.78 is 3.42. The van der Waals surface area contributed by atoms with E-state index in [0.29, 0.717) is 5.82 Å². The Labute approximate surface area is 82.1 Å². The molecule has 0 radical (unpaired) electrons. The Morgan fingerprint density at radius 3 is 2.43 bits per heavy atom. The van der Waals surface area contributed by atoms with Crippen molar-refractivity contribution in [1.29, 1.82) is 0 Å². The van der Waals surface area contributed by atoms with E-state index in [1.165, 1.54) is 0 Å². The lowest BCUT2D eigenvalue weighted by molar-refractivity contribution is 0.760. The largest absolute Gasteiger partial charge is 0.384 e. The summed E-state index contributed by atoms with van der Waals surface area (Å²) in [5.74, 6) is 0.686. The molecule has 0 aliphatic carbocycles. The van der Waals surface area contributed by atoms with E-state index in [1.54, 1.807) is 9.36 Å². The smallest absolute Gasteiger partial charge is 0.124 e. The molecule has 0 atom stereocenters. The van der Waals surface area contributed by atoms with E-state index in [1.807, 2.05) is 33.3 Å². The lowest BCUT2D eigenvalue weighted by Gasteiger charge is -1.92. The minimum atomic E-state index is 0.686. The van der Waals surface area contributed by atoms with E-state index >= 15 is 0 Å². The quantitative estimate of drug-likeness (QED) is 0.722. The zero-order chi connectivity index (χ0) is 10.3. The van der Waals surface area contributed by atoms with Gasteiger partial charge in [-0.3, -0.25) is 9.36 Å². The first-order valence-electron chi connectivity index (χ1n) is 4.38. The van der Waals surface area contributed by atoms with E-state index in [-0.39, 0.29) is 0 Å². The topological polar surface area (TPSA) is 61.7 Å². The summed E-state index contributed by atoms with van der Waals surface area (Å²) in [5.41, 5.74) is 8.50. The third-order valence-electron chi connectivity index (χ3n) is 2.29. The van der Waals surface area contributed by atoms with E-state index in [9.17, 15) is 0 Å². The van der Waals surface area contributed by atoms with Crippen molar-refractivity contribution < 1.29 is 0 Å². The van der Waals surface area contributed by atoms with Crippen molar-refractivity contribution >= 4 is 5.82 Å². The van der Waals surface area contributed by atoms with Gasteiger partial charge in [-0.05, 0) is 13.0 Å². The van der Waals surface area contributed by atoms with Gasteiger partial charge in [0.15, 0.2) is 0 Å². The highest BCUT2D eigenvalue weighted by atomic mass is 15.3. The number of aryl methyl sites for hydroxylation is 2. The van der Waals surface area contributed by atoms with Gasteiger partial charge < -0.3 is 5.73 Å². The highest BCUT2D eigenvalue weighted by molar-refractivity contribution is 5.64. The van der Waals surface area contributed by atoms with Crippen LogP contribution in [0.25, 0.3) is 11.4 Å². The third-order valence-corrected chi connectivity index (χ3v) is 2.29. The van der Waals surface area contributed by atoms with Gasteiger partial charge in [-0.15, -0.1) is 0 Å². The van der Waals surface area contributed by atoms with Crippen molar-refractivity contribution in [3.63, 3.8) is 0 Å². The van der Waals surface area contributed by atoms with Gasteiger partial charge in [0.05, 0.1) is 0 Å². The summed E-state index contributed by atoms with van der Waals surface area (Å²) >= 11 is 0. The minimum absolute atomic E-state index is 0.686. The molecule has 0 amide bonds. The van der Waals surface area contributed by atoms with Gasteiger partial charge >= 0.3 is 0 Å². The molecule has 2 rings (SSSR count). The van der Waals surface area contributed by atoms with Crippen LogP contribution >= 0.6 is 0 Å². The molecule has 0 aliphatic heterocycles. The first kappa shape index (κ1) is 8.80. The van der Waals surface area contributed by atoms with Crippen LogP contribution in [0.4, 0.5) is 5.82 Å². The number of nitrogens with zero attached hydrogens (tertiary/aromatic N) is 4. The molecule has 2 heterocycles. The Balaban J connectivity index is 2.57. The van der Waals surface area contributed by atoms with Gasteiger partial charge in [-0.2, -0.15) is 10.2 Å². The summed E-state index contributed by atoms with van der Waals surface area (Å²) in [6.07, 6.45) is 1.89. The van der Waals surface area contributed by atoms with E-state index in [2.05, 4.69) is 10.2 Å². The molecular formula is C9H13N5. The molecule has 2 aromatic heterocycles. The van der Waals surface area contributed by atoms with Crippen LogP contribution in [-0.4, -0.2) is 19.6 Å². The molecular weight excluding hydrogens is 178 g/mol. The Morgan fingerprint density at radius 1 is 1.29 bits per heavy atom. The fourth-order valence-corrected chi connectivity index (χ4v) is 1.43. The molecule has 0 saturated heterocycles. The van der Waals surface area contributed by atoms with Gasteiger partial charge in [-0.1, -0.05) is 0 Å². The van der Waals surface area contributed by atoms with Crippen LogP contribution < -0.4 is 5.73 Å². The van der Waals surface area contributed by atoms with Crippen LogP contribution in [0.3, 0.4) is 0 Å². The molecule has 2 aromatic rings. The molecule has 5 nitrogen and oxygen atoms in total. The molecule has 0 saturated carbocycles. The van der Waals surface area contributed by atoms with Crippen molar-refractivity contribution in [3.8, 4) is 11.4 Å². The lowest BCUT2D eigenvalue weighted by Crippen LogP contribution is -1.97. The summed E-state index contributed by atoms with van der Waals surface area (Å²) in [7, 11) is 3.71. The Kier molecular flexibility index (Phi) is 1.80. The first-order chi connectivity index (χ1) is 6.59. The van der Waals surface area contributed by atoms with Gasteiger partial charge in [0.2, 0.25) is 0 Å². The molecule has 14 heavy (non-hydrogen) atoms. The Morgan fingerprint density at radius 2 is 2.00 bits per heavy atom. The second-order valence-corrected chi connectivity index (χ2v) is 3.36. The van der Waals surface area contributed by atoms with E-state index in [4.69, 9.17) is 5.73 Å². The normalized spacial score (nSPS) is 10.8. The standard InChI is InChI=1S/C9H13N5/c1-6-8(12-14(3)9(6)10)7-4-5-13(2)11-7/h4-5H,10H2,1-3H3. The number of nitrogen functional groups attached to an aromatic ring is 1. The summed E-state index contributed by atoms with van der Waals surface area (Å²) in [6, 6.07) is 1.93. The second-order valence-electron chi connectivity index (χ2n) is 3.36. The predicted octanol–water partition coefficient (Wildman–Crippen LogP) is 0.711. The van der Waals surface area contributed by atoms with Crippen molar-refractivity contribution in [2.45, 2.75) is 6.92 Å². The van der Waals surface area contributed by atoms with Crippen molar-refractivity contribution in [2.75, 3.05) is 5.73 Å². The highest BCUT2D eigenvalue weighted by Gasteiger charge is 2.12. The average molecular weight is 191 g/mol. The number of hydrogen-bond acceptors (Lipinski definition) is 3. The minimum Gasteiger partial charge on any atom is -0.384 e. The van der Waals surface area contributed by atoms with Crippen molar-refractivity contribution in [2.24, 2.45) is 14.1 Å². The maximum Gasteiger partial charge on any atom is 0.124 e. The number of hydrogen-bond donors (Lipinski definition) is 1. The monoisotopic (exact) mass is 191 g/mol. The zero-order valence-corrected chi connectivity index (χ0v) is 8.52. The maximum atomic E-state index is 5.81. The van der Waals surface area contributed by atoms with E-state index in [0.717, 1.165) is 17.0 Å². The molecule has 74 valence electrons. The number of rotatable bonds is 1. The van der Waals surface area contributed by atoms with Crippen molar-refractivity contribution in [1.82, 2.24) is 19.6 Å². The van der Waals surface area contributed by atoms with Crippen LogP contribution in [0.2, 0.25) is 0 Å². The maximum absolute atomic E-state index is 5.81.